The summed E-state index contributed by atoms with van der Waals surface area (Å²) in [5.41, 5.74) is 0. The number of rotatable bonds is 59. The predicted molar refractivity (Wildman–Crippen MR) is 334 cm³/mol. The zero-order valence-electron chi connectivity index (χ0n) is 50.7. The molecule has 0 radical (unpaired) electrons. The Bertz CT molecular complexity index is 1510. The van der Waals surface area contributed by atoms with Crippen molar-refractivity contribution in [1.82, 2.24) is 0 Å². The summed E-state index contributed by atoms with van der Waals surface area (Å²) in [4.78, 5) is 38.3. The van der Waals surface area contributed by atoms with Gasteiger partial charge in [0.25, 0.3) is 0 Å². The highest BCUT2D eigenvalue weighted by Crippen LogP contribution is 2.16. The molecule has 1 atom stereocenters. The Morgan fingerprint density at radius 2 is 0.506 bits per heavy atom. The molecule has 0 spiro atoms. The van der Waals surface area contributed by atoms with Gasteiger partial charge in [0, 0.05) is 19.3 Å². The summed E-state index contributed by atoms with van der Waals surface area (Å²) in [6, 6.07) is 0. The van der Waals surface area contributed by atoms with Crippen LogP contribution in [0.1, 0.15) is 316 Å². The first-order chi connectivity index (χ1) is 38.0. The molecular formula is C71H122O6. The largest absolute Gasteiger partial charge is 0.462 e. The third-order valence-corrected chi connectivity index (χ3v) is 14.0. The number of esters is 3. The number of carbonyl (C=O) groups is 3. The molecule has 0 rings (SSSR count). The van der Waals surface area contributed by atoms with E-state index in [4.69, 9.17) is 14.2 Å². The van der Waals surface area contributed by atoms with Gasteiger partial charge in [-0.2, -0.15) is 0 Å². The third kappa shape index (κ3) is 63.0. The molecule has 1 unspecified atom stereocenters. The average molecular weight is 1070 g/mol. The minimum Gasteiger partial charge on any atom is -0.462 e. The zero-order valence-corrected chi connectivity index (χ0v) is 50.7. The van der Waals surface area contributed by atoms with Gasteiger partial charge in [-0.3, -0.25) is 14.4 Å². The molecule has 0 aromatic rings. The van der Waals surface area contributed by atoms with Crippen LogP contribution >= 0.6 is 0 Å². The number of allylic oxidation sites excluding steroid dienone is 16. The van der Waals surface area contributed by atoms with Crippen molar-refractivity contribution in [1.29, 1.82) is 0 Å². The van der Waals surface area contributed by atoms with Crippen LogP contribution in [0.5, 0.6) is 0 Å². The van der Waals surface area contributed by atoms with E-state index in [9.17, 15) is 14.4 Å². The van der Waals surface area contributed by atoms with Crippen molar-refractivity contribution in [2.24, 2.45) is 0 Å². The molecule has 0 fully saturated rings. The zero-order chi connectivity index (χ0) is 55.7. The second-order valence-corrected chi connectivity index (χ2v) is 21.6. The van der Waals surface area contributed by atoms with Gasteiger partial charge < -0.3 is 14.2 Å². The summed E-state index contributed by atoms with van der Waals surface area (Å²) in [5.74, 6) is -0.912. The van der Waals surface area contributed by atoms with E-state index in [2.05, 4.69) is 118 Å². The van der Waals surface area contributed by atoms with Gasteiger partial charge in [-0.15, -0.1) is 0 Å². The van der Waals surface area contributed by atoms with Crippen molar-refractivity contribution in [2.45, 2.75) is 322 Å². The molecule has 0 saturated carbocycles. The molecule has 0 heterocycles. The first-order valence-electron chi connectivity index (χ1n) is 32.7. The summed E-state index contributed by atoms with van der Waals surface area (Å²) >= 11 is 0. The van der Waals surface area contributed by atoms with Crippen LogP contribution < -0.4 is 0 Å². The lowest BCUT2D eigenvalue weighted by Crippen LogP contribution is -2.30. The van der Waals surface area contributed by atoms with Crippen LogP contribution in [0.2, 0.25) is 0 Å². The van der Waals surface area contributed by atoms with E-state index >= 15 is 0 Å². The maximum absolute atomic E-state index is 12.9. The van der Waals surface area contributed by atoms with E-state index in [0.29, 0.717) is 19.3 Å². The third-order valence-electron chi connectivity index (χ3n) is 14.0. The number of ether oxygens (including phenoxy) is 3. The lowest BCUT2D eigenvalue weighted by Gasteiger charge is -2.18. The molecule has 0 aliphatic rings. The van der Waals surface area contributed by atoms with E-state index in [1.54, 1.807) is 0 Å². The second kappa shape index (κ2) is 64.9. The molecule has 442 valence electrons. The predicted octanol–water partition coefficient (Wildman–Crippen LogP) is 22.4. The van der Waals surface area contributed by atoms with Gasteiger partial charge in [-0.25, -0.2) is 0 Å². The number of hydrogen-bond acceptors (Lipinski definition) is 6. The molecule has 6 heteroatoms. The fourth-order valence-corrected chi connectivity index (χ4v) is 9.14. The van der Waals surface area contributed by atoms with Crippen molar-refractivity contribution in [3.05, 3.63) is 97.2 Å². The summed E-state index contributed by atoms with van der Waals surface area (Å²) in [7, 11) is 0. The highest BCUT2D eigenvalue weighted by atomic mass is 16.6. The van der Waals surface area contributed by atoms with Gasteiger partial charge in [0.15, 0.2) is 6.10 Å². The summed E-state index contributed by atoms with van der Waals surface area (Å²) < 4.78 is 16.9. The first kappa shape index (κ1) is 73.3. The standard InChI is InChI=1S/C71H122O6/c1-4-7-10-13-16-19-22-25-28-29-30-31-32-33-34-35-36-37-38-39-40-41-44-46-49-52-55-58-61-64-70(73)76-67-68(77-71(74)65-62-59-56-53-50-47-43-27-24-21-18-15-12-9-6-3)66-75-69(72)63-60-57-54-51-48-45-42-26-23-20-17-14-11-8-5-2/h9,12,17-18,20-22,25-27,29-30,32-33,42-43,68H,4-8,10-11,13-16,19,23-24,28,31,34-41,44-67H2,1-3H3/b12-9-,20-17-,21-18-,25-22-,30-29-,33-32-,42-26-,43-27-. The second-order valence-electron chi connectivity index (χ2n) is 21.6. The topological polar surface area (TPSA) is 78.9 Å². The van der Waals surface area contributed by atoms with E-state index in [1.807, 2.05) is 0 Å². The Morgan fingerprint density at radius 3 is 0.818 bits per heavy atom. The van der Waals surface area contributed by atoms with Gasteiger partial charge in [-0.1, -0.05) is 272 Å². The molecule has 0 aliphatic heterocycles. The monoisotopic (exact) mass is 1070 g/mol. The summed E-state index contributed by atoms with van der Waals surface area (Å²) in [6.45, 7) is 6.49. The van der Waals surface area contributed by atoms with E-state index in [1.165, 1.54) is 141 Å². The lowest BCUT2D eigenvalue weighted by molar-refractivity contribution is -0.167. The van der Waals surface area contributed by atoms with Crippen molar-refractivity contribution >= 4 is 17.9 Å². The van der Waals surface area contributed by atoms with Crippen LogP contribution in [-0.4, -0.2) is 37.2 Å². The van der Waals surface area contributed by atoms with Crippen LogP contribution in [0, 0.1) is 0 Å². The summed E-state index contributed by atoms with van der Waals surface area (Å²) in [5, 5.41) is 0. The van der Waals surface area contributed by atoms with E-state index < -0.39 is 6.10 Å². The maximum Gasteiger partial charge on any atom is 0.306 e. The molecular weight excluding hydrogens is 949 g/mol. The number of carbonyl (C=O) groups excluding carboxylic acids is 3. The fraction of sp³-hybridized carbons (Fsp3) is 0.732. The molecule has 0 aromatic heterocycles. The normalized spacial score (nSPS) is 12.7. The van der Waals surface area contributed by atoms with E-state index in [-0.39, 0.29) is 31.1 Å². The SMILES string of the molecule is CC/C=C\C/C=C\C/C=C\CCCCCCCC(=O)OC(COC(=O)CCCCCCC/C=C\C/C=C\CCCCC)COC(=O)CCCCCCCCCCCCCCCC/C=C\C/C=C\C/C=C\CCCCCCC. The Balaban J connectivity index is 4.27. The Hall–Kier alpha value is -3.67. The van der Waals surface area contributed by atoms with Crippen LogP contribution in [0.15, 0.2) is 97.2 Å². The average Bonchev–Trinajstić information content (AvgIpc) is 3.43. The maximum atomic E-state index is 12.9. The van der Waals surface area contributed by atoms with Crippen molar-refractivity contribution in [3.8, 4) is 0 Å². The highest BCUT2D eigenvalue weighted by molar-refractivity contribution is 5.71. The molecule has 6 nitrogen and oxygen atoms in total. The van der Waals surface area contributed by atoms with Crippen molar-refractivity contribution in [2.75, 3.05) is 13.2 Å². The molecule has 0 bridgehead atoms. The van der Waals surface area contributed by atoms with Gasteiger partial charge in [0.1, 0.15) is 13.2 Å². The number of unbranched alkanes of at least 4 members (excludes halogenated alkanes) is 32. The fourth-order valence-electron chi connectivity index (χ4n) is 9.14. The first-order valence-corrected chi connectivity index (χ1v) is 32.7. The van der Waals surface area contributed by atoms with Crippen molar-refractivity contribution < 1.29 is 28.6 Å². The van der Waals surface area contributed by atoms with Crippen LogP contribution in [-0.2, 0) is 28.6 Å². The Labute approximate surface area is 477 Å². The smallest absolute Gasteiger partial charge is 0.306 e. The van der Waals surface area contributed by atoms with Gasteiger partial charge in [-0.05, 0) is 122 Å². The minimum absolute atomic E-state index is 0.0886. The van der Waals surface area contributed by atoms with Gasteiger partial charge in [0.2, 0.25) is 0 Å². The van der Waals surface area contributed by atoms with E-state index in [0.717, 1.165) is 135 Å². The van der Waals surface area contributed by atoms with Crippen molar-refractivity contribution in [3.63, 3.8) is 0 Å². The molecule has 0 amide bonds. The molecule has 0 N–H and O–H groups in total. The molecule has 77 heavy (non-hydrogen) atoms. The highest BCUT2D eigenvalue weighted by Gasteiger charge is 2.19. The lowest BCUT2D eigenvalue weighted by atomic mass is 10.0. The van der Waals surface area contributed by atoms with Crippen LogP contribution in [0.3, 0.4) is 0 Å². The van der Waals surface area contributed by atoms with Gasteiger partial charge >= 0.3 is 17.9 Å². The molecule has 0 aromatic carbocycles. The quantitative estimate of drug-likeness (QED) is 0.0261. The van der Waals surface area contributed by atoms with Crippen LogP contribution in [0.4, 0.5) is 0 Å². The Kier molecular flexibility index (Phi) is 61.8. The minimum atomic E-state index is -0.794. The molecule has 0 saturated heterocycles. The number of hydrogen-bond donors (Lipinski definition) is 0. The summed E-state index contributed by atoms with van der Waals surface area (Å²) in [6.07, 6.45) is 87.1. The van der Waals surface area contributed by atoms with Crippen LogP contribution in [0.25, 0.3) is 0 Å². The molecule has 0 aliphatic carbocycles. The Morgan fingerprint density at radius 1 is 0.273 bits per heavy atom. The van der Waals surface area contributed by atoms with Gasteiger partial charge in [0.05, 0.1) is 0 Å².